The van der Waals surface area contributed by atoms with Crippen LogP contribution in [0.3, 0.4) is 0 Å². The van der Waals surface area contributed by atoms with Gasteiger partial charge in [-0.1, -0.05) is 32.0 Å². The number of sulfonamides is 1. The summed E-state index contributed by atoms with van der Waals surface area (Å²) < 4.78 is 28.8. The van der Waals surface area contributed by atoms with E-state index in [-0.39, 0.29) is 10.8 Å². The molecular weight excluding hydrogens is 430 g/mol. The first kappa shape index (κ1) is 23.2. The zero-order valence-electron chi connectivity index (χ0n) is 18.4. The zero-order valence-corrected chi connectivity index (χ0v) is 20.0. The molecule has 1 aromatic carbocycles. The smallest absolute Gasteiger partial charge is 0.253 e. The predicted octanol–water partition coefficient (Wildman–Crippen LogP) is 4.18. The molecule has 3 aromatic rings. The quantitative estimate of drug-likeness (QED) is 0.522. The van der Waals surface area contributed by atoms with Crippen LogP contribution in [0.5, 0.6) is 0 Å². The lowest BCUT2D eigenvalue weighted by molar-refractivity contribution is 0.0950. The van der Waals surface area contributed by atoms with Crippen molar-refractivity contribution >= 4 is 27.3 Å². The van der Waals surface area contributed by atoms with Crippen LogP contribution in [0.1, 0.15) is 46.0 Å². The Morgan fingerprint density at radius 1 is 1.10 bits per heavy atom. The van der Waals surface area contributed by atoms with Crippen molar-refractivity contribution in [3.8, 4) is 0 Å². The molecule has 0 spiro atoms. The van der Waals surface area contributed by atoms with Crippen molar-refractivity contribution in [3.63, 3.8) is 0 Å². The molecule has 2 aromatic heterocycles. The van der Waals surface area contributed by atoms with Gasteiger partial charge in [-0.2, -0.15) is 4.31 Å². The van der Waals surface area contributed by atoms with E-state index in [1.807, 2.05) is 39.8 Å². The Balaban J connectivity index is 1.67. The summed E-state index contributed by atoms with van der Waals surface area (Å²) in [7, 11) is -3.48. The first-order chi connectivity index (χ1) is 14.8. The van der Waals surface area contributed by atoms with Crippen molar-refractivity contribution in [2.45, 2.75) is 45.7 Å². The van der Waals surface area contributed by atoms with E-state index < -0.39 is 10.0 Å². The number of hydrogen-bond acceptors (Lipinski definition) is 4. The van der Waals surface area contributed by atoms with Crippen molar-refractivity contribution in [2.75, 3.05) is 13.1 Å². The number of nitrogens with zero attached hydrogens (tertiary/aromatic N) is 2. The molecule has 1 amide bonds. The molecule has 0 saturated heterocycles. The van der Waals surface area contributed by atoms with Gasteiger partial charge in [0.2, 0.25) is 10.0 Å². The number of aromatic nitrogens is 1. The Bertz CT molecular complexity index is 1130. The Kier molecular flexibility index (Phi) is 7.35. The van der Waals surface area contributed by atoms with E-state index in [2.05, 4.69) is 21.3 Å². The fourth-order valence-corrected chi connectivity index (χ4v) is 5.75. The number of hydrogen-bond donors (Lipinski definition) is 1. The van der Waals surface area contributed by atoms with Gasteiger partial charge in [0.1, 0.15) is 0 Å². The molecule has 0 aliphatic rings. The van der Waals surface area contributed by atoms with Gasteiger partial charge < -0.3 is 9.88 Å². The maximum atomic E-state index is 12.8. The van der Waals surface area contributed by atoms with Crippen LogP contribution in [0.25, 0.3) is 0 Å². The number of nitrogens with one attached hydrogen (secondary N) is 1. The molecule has 0 unspecified atom stereocenters. The summed E-state index contributed by atoms with van der Waals surface area (Å²) in [6.45, 7) is 9.56. The number of carbonyl (C=O) groups excluding carboxylic acids is 1. The van der Waals surface area contributed by atoms with Crippen LogP contribution in [-0.4, -0.2) is 36.3 Å². The van der Waals surface area contributed by atoms with Gasteiger partial charge in [-0.15, -0.1) is 11.3 Å². The van der Waals surface area contributed by atoms with E-state index in [4.69, 9.17) is 0 Å². The van der Waals surface area contributed by atoms with Crippen LogP contribution >= 0.6 is 11.3 Å². The lowest BCUT2D eigenvalue weighted by atomic mass is 10.2. The molecule has 3 rings (SSSR count). The highest BCUT2D eigenvalue weighted by molar-refractivity contribution is 7.89. The average molecular weight is 460 g/mol. The Morgan fingerprint density at radius 2 is 1.77 bits per heavy atom. The fourth-order valence-electron chi connectivity index (χ4n) is 3.60. The number of aryl methyl sites for hydroxylation is 1. The molecular formula is C23H29N3O3S2. The van der Waals surface area contributed by atoms with E-state index in [9.17, 15) is 13.2 Å². The highest BCUT2D eigenvalue weighted by atomic mass is 32.2. The third-order valence-electron chi connectivity index (χ3n) is 5.43. The van der Waals surface area contributed by atoms with Gasteiger partial charge in [-0.25, -0.2) is 8.42 Å². The van der Waals surface area contributed by atoms with Crippen LogP contribution in [0.2, 0.25) is 0 Å². The summed E-state index contributed by atoms with van der Waals surface area (Å²) in [5.41, 5.74) is 3.49. The molecule has 0 saturated carbocycles. The maximum Gasteiger partial charge on any atom is 0.253 e. The van der Waals surface area contributed by atoms with E-state index >= 15 is 0 Å². The summed E-state index contributed by atoms with van der Waals surface area (Å²) >= 11 is 1.70. The van der Waals surface area contributed by atoms with Crippen LogP contribution in [-0.2, 0) is 23.1 Å². The molecule has 0 aliphatic heterocycles. The van der Waals surface area contributed by atoms with Crippen LogP contribution in [0, 0.1) is 13.8 Å². The molecule has 31 heavy (non-hydrogen) atoms. The van der Waals surface area contributed by atoms with E-state index in [1.54, 1.807) is 35.6 Å². The lowest BCUT2D eigenvalue weighted by Crippen LogP contribution is -2.30. The van der Waals surface area contributed by atoms with Crippen molar-refractivity contribution in [3.05, 3.63) is 75.2 Å². The second kappa shape index (κ2) is 9.80. The Morgan fingerprint density at radius 3 is 2.35 bits per heavy atom. The van der Waals surface area contributed by atoms with Crippen LogP contribution < -0.4 is 5.32 Å². The molecule has 0 atom stereocenters. The number of carbonyl (C=O) groups is 1. The van der Waals surface area contributed by atoms with Gasteiger partial charge >= 0.3 is 0 Å². The number of amides is 1. The largest absolute Gasteiger partial charge is 0.348 e. The molecule has 2 heterocycles. The zero-order chi connectivity index (χ0) is 22.6. The Labute approximate surface area is 188 Å². The van der Waals surface area contributed by atoms with E-state index in [1.165, 1.54) is 9.18 Å². The normalized spacial score (nSPS) is 11.8. The molecule has 0 fully saturated rings. The topological polar surface area (TPSA) is 71.4 Å². The number of benzene rings is 1. The first-order valence-electron chi connectivity index (χ1n) is 10.3. The SMILES string of the molecule is CCN(CC)S(=O)(=O)c1ccc(CNC(=O)c2cc(C)n(Cc3cccs3)c2C)cc1. The van der Waals surface area contributed by atoms with Gasteiger partial charge in [0.05, 0.1) is 17.0 Å². The monoisotopic (exact) mass is 459 g/mol. The minimum Gasteiger partial charge on any atom is -0.348 e. The number of thiophene rings is 1. The minimum absolute atomic E-state index is 0.134. The Hall–Kier alpha value is -2.42. The van der Waals surface area contributed by atoms with E-state index in [0.29, 0.717) is 25.2 Å². The minimum atomic E-state index is -3.48. The van der Waals surface area contributed by atoms with Crippen LogP contribution in [0.15, 0.2) is 52.7 Å². The van der Waals surface area contributed by atoms with Crippen molar-refractivity contribution < 1.29 is 13.2 Å². The fraction of sp³-hybridized carbons (Fsp3) is 0.348. The summed E-state index contributed by atoms with van der Waals surface area (Å²) in [5, 5.41) is 5.00. The molecule has 8 heteroatoms. The highest BCUT2D eigenvalue weighted by Crippen LogP contribution is 2.20. The summed E-state index contributed by atoms with van der Waals surface area (Å²) in [6.07, 6.45) is 0. The van der Waals surface area contributed by atoms with Crippen molar-refractivity contribution in [1.82, 2.24) is 14.2 Å². The molecule has 6 nitrogen and oxygen atoms in total. The third-order valence-corrected chi connectivity index (χ3v) is 8.36. The molecule has 0 bridgehead atoms. The van der Waals surface area contributed by atoms with Crippen molar-refractivity contribution in [2.24, 2.45) is 0 Å². The summed E-state index contributed by atoms with van der Waals surface area (Å²) in [5.74, 6) is -0.134. The third kappa shape index (κ3) is 5.08. The van der Waals surface area contributed by atoms with Gasteiger partial charge in [-0.05, 0) is 49.1 Å². The van der Waals surface area contributed by atoms with Crippen molar-refractivity contribution in [1.29, 1.82) is 0 Å². The first-order valence-corrected chi connectivity index (χ1v) is 12.7. The standard InChI is InChI=1S/C23H29N3O3S2/c1-5-25(6-2)31(28,29)21-11-9-19(10-12-21)15-24-23(27)22-14-17(3)26(18(22)4)16-20-8-7-13-30-20/h7-14H,5-6,15-16H2,1-4H3,(H,24,27). The summed E-state index contributed by atoms with van der Waals surface area (Å²) in [6, 6.07) is 12.7. The average Bonchev–Trinajstić information content (AvgIpc) is 3.37. The highest BCUT2D eigenvalue weighted by Gasteiger charge is 2.21. The second-order valence-corrected chi connectivity index (χ2v) is 10.3. The van der Waals surface area contributed by atoms with E-state index in [0.717, 1.165) is 23.5 Å². The predicted molar refractivity (Wildman–Crippen MR) is 125 cm³/mol. The number of rotatable bonds is 9. The molecule has 0 radical (unpaired) electrons. The lowest BCUT2D eigenvalue weighted by Gasteiger charge is -2.18. The molecule has 1 N–H and O–H groups in total. The van der Waals surface area contributed by atoms with Gasteiger partial charge in [0.25, 0.3) is 5.91 Å². The molecule has 0 aliphatic carbocycles. The van der Waals surface area contributed by atoms with Gasteiger partial charge in [0.15, 0.2) is 0 Å². The van der Waals surface area contributed by atoms with Crippen LogP contribution in [0.4, 0.5) is 0 Å². The van der Waals surface area contributed by atoms with Gasteiger partial charge in [-0.3, -0.25) is 4.79 Å². The summed E-state index contributed by atoms with van der Waals surface area (Å²) in [4.78, 5) is 14.3. The van der Waals surface area contributed by atoms with Gasteiger partial charge in [0, 0.05) is 35.9 Å². The molecule has 166 valence electrons. The second-order valence-electron chi connectivity index (χ2n) is 7.37. The maximum absolute atomic E-state index is 12.8.